The molecule has 0 fully saturated rings. The largest absolute Gasteiger partial charge is 0.143 e. The van der Waals surface area contributed by atoms with E-state index in [9.17, 15) is 0 Å². The highest BCUT2D eigenvalue weighted by Crippen LogP contribution is 2.35. The maximum absolute atomic E-state index is 4.53. The van der Waals surface area contributed by atoms with Crippen molar-refractivity contribution >= 4 is 36.2 Å². The molecule has 0 amide bonds. The van der Waals surface area contributed by atoms with Crippen LogP contribution in [0.2, 0.25) is 0 Å². The molecule has 0 aliphatic rings. The zero-order chi connectivity index (χ0) is 14.5. The Morgan fingerprint density at radius 2 is 0.952 bits per heavy atom. The molecule has 0 aliphatic carbocycles. The molecule has 0 atom stereocenters. The van der Waals surface area contributed by atoms with Crippen molar-refractivity contribution < 1.29 is 0 Å². The summed E-state index contributed by atoms with van der Waals surface area (Å²) in [5.41, 5.74) is 0. The zero-order valence-corrected chi connectivity index (χ0v) is 13.8. The molecule has 0 spiro atoms. The van der Waals surface area contributed by atoms with Crippen LogP contribution in [-0.2, 0) is 0 Å². The number of hydrogen-bond acceptors (Lipinski definition) is 3. The molecule has 0 nitrogen and oxygen atoms in total. The van der Waals surface area contributed by atoms with Crippen LogP contribution in [-0.4, -0.2) is 0 Å². The van der Waals surface area contributed by atoms with Crippen LogP contribution in [0.4, 0.5) is 0 Å². The lowest BCUT2D eigenvalue weighted by Gasteiger charge is -2.07. The summed E-state index contributed by atoms with van der Waals surface area (Å²) in [6.07, 6.45) is 0. The Balaban J connectivity index is 1.83. The van der Waals surface area contributed by atoms with Crippen LogP contribution in [0, 0.1) is 0 Å². The third-order valence-electron chi connectivity index (χ3n) is 2.82. The molecule has 0 aromatic heterocycles. The van der Waals surface area contributed by atoms with Crippen molar-refractivity contribution in [2.24, 2.45) is 0 Å². The second kappa shape index (κ2) is 7.12. The van der Waals surface area contributed by atoms with Gasteiger partial charge in [-0.15, -0.1) is 12.6 Å². The monoisotopic (exact) mass is 326 g/mol. The van der Waals surface area contributed by atoms with Crippen molar-refractivity contribution in [1.29, 1.82) is 0 Å². The number of rotatable bonds is 4. The minimum Gasteiger partial charge on any atom is -0.143 e. The van der Waals surface area contributed by atoms with E-state index in [-0.39, 0.29) is 0 Å². The highest BCUT2D eigenvalue weighted by Gasteiger charge is 2.03. The minimum absolute atomic E-state index is 0.995. The van der Waals surface area contributed by atoms with Crippen LogP contribution in [0.25, 0.3) is 0 Å². The van der Waals surface area contributed by atoms with E-state index in [1.807, 2.05) is 12.1 Å². The van der Waals surface area contributed by atoms with Gasteiger partial charge in [0.25, 0.3) is 0 Å². The Morgan fingerprint density at radius 1 is 0.524 bits per heavy atom. The van der Waals surface area contributed by atoms with E-state index in [0.717, 1.165) is 4.90 Å². The van der Waals surface area contributed by atoms with Gasteiger partial charge in [-0.25, -0.2) is 0 Å². The molecule has 104 valence electrons. The molecule has 3 rings (SSSR count). The highest BCUT2D eigenvalue weighted by molar-refractivity contribution is 8.00. The number of hydrogen-bond donors (Lipinski definition) is 1. The van der Waals surface area contributed by atoms with Crippen molar-refractivity contribution in [3.8, 4) is 0 Å². The topological polar surface area (TPSA) is 0 Å². The van der Waals surface area contributed by atoms with Crippen molar-refractivity contribution in [1.82, 2.24) is 0 Å². The maximum Gasteiger partial charge on any atom is 0.0144 e. The lowest BCUT2D eigenvalue weighted by atomic mass is 10.3. The summed E-state index contributed by atoms with van der Waals surface area (Å²) in [6, 6.07) is 27.3. The quantitative estimate of drug-likeness (QED) is 0.560. The Morgan fingerprint density at radius 3 is 1.38 bits per heavy atom. The normalized spacial score (nSPS) is 10.5. The first-order valence-corrected chi connectivity index (χ1v) is 8.67. The van der Waals surface area contributed by atoms with Crippen LogP contribution in [0.1, 0.15) is 0 Å². The molecule has 0 saturated carbocycles. The molecule has 0 saturated heterocycles. The second-order valence-electron chi connectivity index (χ2n) is 4.49. The van der Waals surface area contributed by atoms with Gasteiger partial charge in [0.15, 0.2) is 0 Å². The average Bonchev–Trinajstić information content (AvgIpc) is 2.48. The fourth-order valence-electron chi connectivity index (χ4n) is 1.92. The Hall–Kier alpha value is -1.29. The van der Waals surface area contributed by atoms with Crippen LogP contribution in [0.5, 0.6) is 0 Å². The number of thiol groups is 1. The van der Waals surface area contributed by atoms with Crippen LogP contribution in [0.15, 0.2) is 103 Å². The highest BCUT2D eigenvalue weighted by atomic mass is 32.2. The molecular formula is C18H14S3. The van der Waals surface area contributed by atoms with Gasteiger partial charge >= 0.3 is 0 Å². The standard InChI is InChI=1S/C18H14S3/c19-14-11-17(20-15-7-3-1-4-8-15)13-18(12-14)21-16-9-5-2-6-10-16/h1-13,19H. The molecule has 3 heteroatoms. The van der Waals surface area contributed by atoms with Gasteiger partial charge in [-0.3, -0.25) is 0 Å². The summed E-state index contributed by atoms with van der Waals surface area (Å²) in [5.74, 6) is 0. The fourth-order valence-corrected chi connectivity index (χ4v) is 4.33. The van der Waals surface area contributed by atoms with E-state index in [4.69, 9.17) is 0 Å². The molecule has 0 heterocycles. The molecular weight excluding hydrogens is 312 g/mol. The zero-order valence-electron chi connectivity index (χ0n) is 11.3. The van der Waals surface area contributed by atoms with Crippen LogP contribution in [0.3, 0.4) is 0 Å². The smallest absolute Gasteiger partial charge is 0.0144 e. The molecule has 21 heavy (non-hydrogen) atoms. The van der Waals surface area contributed by atoms with E-state index in [1.165, 1.54) is 19.6 Å². The van der Waals surface area contributed by atoms with Crippen molar-refractivity contribution in [2.75, 3.05) is 0 Å². The van der Waals surface area contributed by atoms with E-state index in [2.05, 4.69) is 79.4 Å². The van der Waals surface area contributed by atoms with Crippen LogP contribution >= 0.6 is 36.2 Å². The second-order valence-corrected chi connectivity index (χ2v) is 7.30. The van der Waals surface area contributed by atoms with Crippen molar-refractivity contribution in [3.05, 3.63) is 78.9 Å². The lowest BCUT2D eigenvalue weighted by Crippen LogP contribution is -1.79. The minimum atomic E-state index is 0.995. The van der Waals surface area contributed by atoms with Gasteiger partial charge < -0.3 is 0 Å². The summed E-state index contributed by atoms with van der Waals surface area (Å²) in [6.45, 7) is 0. The van der Waals surface area contributed by atoms with Gasteiger partial charge in [-0.05, 0) is 42.5 Å². The summed E-state index contributed by atoms with van der Waals surface area (Å²) in [5, 5.41) is 0. The maximum atomic E-state index is 4.53. The van der Waals surface area contributed by atoms with Gasteiger partial charge in [0, 0.05) is 24.5 Å². The molecule has 0 bridgehead atoms. The third-order valence-corrected chi connectivity index (χ3v) is 5.04. The Kier molecular flexibility index (Phi) is 4.96. The predicted octanol–water partition coefficient (Wildman–Crippen LogP) is 6.28. The lowest BCUT2D eigenvalue weighted by molar-refractivity contribution is 1.23. The van der Waals surface area contributed by atoms with E-state index >= 15 is 0 Å². The molecule has 0 N–H and O–H groups in total. The first-order chi connectivity index (χ1) is 10.3. The van der Waals surface area contributed by atoms with Gasteiger partial charge in [-0.1, -0.05) is 59.9 Å². The fraction of sp³-hybridized carbons (Fsp3) is 0. The molecule has 3 aromatic carbocycles. The van der Waals surface area contributed by atoms with E-state index < -0.39 is 0 Å². The molecule has 0 radical (unpaired) electrons. The summed E-state index contributed by atoms with van der Waals surface area (Å²) < 4.78 is 0. The number of benzene rings is 3. The predicted molar refractivity (Wildman–Crippen MR) is 94.8 cm³/mol. The van der Waals surface area contributed by atoms with Crippen LogP contribution < -0.4 is 0 Å². The average molecular weight is 327 g/mol. The van der Waals surface area contributed by atoms with E-state index in [0.29, 0.717) is 0 Å². The van der Waals surface area contributed by atoms with Gasteiger partial charge in [0.05, 0.1) is 0 Å². The van der Waals surface area contributed by atoms with Gasteiger partial charge in [-0.2, -0.15) is 0 Å². The first-order valence-electron chi connectivity index (χ1n) is 6.59. The molecule has 0 unspecified atom stereocenters. The Bertz CT molecular complexity index is 649. The summed E-state index contributed by atoms with van der Waals surface area (Å²) in [4.78, 5) is 5.91. The molecule has 0 aliphatic heterocycles. The van der Waals surface area contributed by atoms with Gasteiger partial charge in [0.2, 0.25) is 0 Å². The first kappa shape index (κ1) is 14.6. The van der Waals surface area contributed by atoms with Crippen molar-refractivity contribution in [3.63, 3.8) is 0 Å². The molecule has 3 aromatic rings. The summed E-state index contributed by atoms with van der Waals surface area (Å²) in [7, 11) is 0. The van der Waals surface area contributed by atoms with Gasteiger partial charge in [0.1, 0.15) is 0 Å². The van der Waals surface area contributed by atoms with E-state index in [1.54, 1.807) is 23.5 Å². The summed E-state index contributed by atoms with van der Waals surface area (Å²) >= 11 is 8.06. The Labute approximate surface area is 139 Å². The third kappa shape index (κ3) is 4.34. The van der Waals surface area contributed by atoms with Crippen molar-refractivity contribution in [2.45, 2.75) is 24.5 Å². The SMILES string of the molecule is Sc1cc(Sc2ccccc2)cc(Sc2ccccc2)c1.